The molecule has 2 unspecified atom stereocenters. The first-order chi connectivity index (χ1) is 8.62. The zero-order valence-corrected chi connectivity index (χ0v) is 13.0. The maximum Gasteiger partial charge on any atom is 0.323 e. The molecule has 4 heteroatoms. The van der Waals surface area contributed by atoms with Gasteiger partial charge in [-0.05, 0) is 38.5 Å². The van der Waals surface area contributed by atoms with Crippen LogP contribution in [0.3, 0.4) is 0 Å². The molecule has 0 aliphatic heterocycles. The molecular formula is C15H29NO3. The molecule has 1 fully saturated rings. The zero-order chi connectivity index (χ0) is 14.7. The highest BCUT2D eigenvalue weighted by Gasteiger charge is 2.39. The molecule has 0 radical (unpaired) electrons. The van der Waals surface area contributed by atoms with Gasteiger partial charge in [0.1, 0.15) is 5.54 Å². The van der Waals surface area contributed by atoms with Gasteiger partial charge in [-0.1, -0.05) is 20.8 Å². The van der Waals surface area contributed by atoms with E-state index in [1.54, 1.807) is 6.92 Å². The van der Waals surface area contributed by atoms with E-state index in [1.807, 2.05) is 6.92 Å². The third kappa shape index (κ3) is 6.39. The summed E-state index contributed by atoms with van der Waals surface area (Å²) in [5.74, 6) is -0.786. The van der Waals surface area contributed by atoms with Crippen molar-refractivity contribution in [3.63, 3.8) is 0 Å². The van der Waals surface area contributed by atoms with Gasteiger partial charge in [0.2, 0.25) is 0 Å². The molecule has 2 N–H and O–H groups in total. The SMILES string of the molecule is CC(CC(C)(NC1CC1)C(=O)O)OCCC(C)(C)C. The number of aliphatic carboxylic acids is 1. The van der Waals surface area contributed by atoms with Gasteiger partial charge in [-0.15, -0.1) is 0 Å². The van der Waals surface area contributed by atoms with E-state index in [-0.39, 0.29) is 11.5 Å². The molecule has 0 bridgehead atoms. The van der Waals surface area contributed by atoms with E-state index in [0.717, 1.165) is 19.3 Å². The Morgan fingerprint density at radius 2 is 1.95 bits per heavy atom. The van der Waals surface area contributed by atoms with Crippen LogP contribution in [0, 0.1) is 5.41 Å². The largest absolute Gasteiger partial charge is 0.480 e. The molecular weight excluding hydrogens is 242 g/mol. The lowest BCUT2D eigenvalue weighted by atomic mass is 9.92. The Labute approximate surface area is 116 Å². The van der Waals surface area contributed by atoms with Crippen molar-refractivity contribution in [3.8, 4) is 0 Å². The van der Waals surface area contributed by atoms with Crippen molar-refractivity contribution in [1.82, 2.24) is 5.32 Å². The van der Waals surface area contributed by atoms with Crippen molar-refractivity contribution in [2.75, 3.05) is 6.61 Å². The van der Waals surface area contributed by atoms with Crippen LogP contribution in [0.5, 0.6) is 0 Å². The monoisotopic (exact) mass is 271 g/mol. The summed E-state index contributed by atoms with van der Waals surface area (Å²) in [5.41, 5.74) is -0.621. The van der Waals surface area contributed by atoms with Crippen LogP contribution in [0.15, 0.2) is 0 Å². The molecule has 0 aromatic heterocycles. The second-order valence-corrected chi connectivity index (χ2v) is 7.25. The Hall–Kier alpha value is -0.610. The third-order valence-electron chi connectivity index (χ3n) is 3.52. The fourth-order valence-electron chi connectivity index (χ4n) is 2.09. The summed E-state index contributed by atoms with van der Waals surface area (Å²) < 4.78 is 5.76. The fourth-order valence-corrected chi connectivity index (χ4v) is 2.09. The van der Waals surface area contributed by atoms with Gasteiger partial charge in [-0.3, -0.25) is 10.1 Å². The Balaban J connectivity index is 2.38. The Bertz CT molecular complexity index is 307. The molecule has 1 saturated carbocycles. The molecule has 0 spiro atoms. The minimum absolute atomic E-state index is 0.0466. The maximum atomic E-state index is 11.4. The van der Waals surface area contributed by atoms with Gasteiger partial charge >= 0.3 is 5.97 Å². The molecule has 19 heavy (non-hydrogen) atoms. The van der Waals surface area contributed by atoms with Crippen LogP contribution in [-0.4, -0.2) is 35.4 Å². The lowest BCUT2D eigenvalue weighted by Crippen LogP contribution is -2.52. The number of nitrogens with one attached hydrogen (secondary N) is 1. The van der Waals surface area contributed by atoms with E-state index in [2.05, 4.69) is 26.1 Å². The second kappa shape index (κ2) is 6.23. The standard InChI is InChI=1S/C15H29NO3/c1-11(19-9-8-14(2,3)4)10-15(5,13(17)18)16-12-6-7-12/h11-12,16H,6-10H2,1-5H3,(H,17,18). The number of ether oxygens (including phenoxy) is 1. The highest BCUT2D eigenvalue weighted by atomic mass is 16.5. The van der Waals surface area contributed by atoms with Gasteiger partial charge in [0.15, 0.2) is 0 Å². The zero-order valence-electron chi connectivity index (χ0n) is 13.0. The van der Waals surface area contributed by atoms with Crippen LogP contribution in [0.1, 0.15) is 60.3 Å². The van der Waals surface area contributed by atoms with Crippen LogP contribution in [-0.2, 0) is 9.53 Å². The van der Waals surface area contributed by atoms with Gasteiger partial charge in [0.05, 0.1) is 6.10 Å². The molecule has 1 aliphatic rings. The Morgan fingerprint density at radius 1 is 1.37 bits per heavy atom. The van der Waals surface area contributed by atoms with Gasteiger partial charge in [-0.25, -0.2) is 0 Å². The minimum atomic E-state index is -0.873. The van der Waals surface area contributed by atoms with E-state index in [0.29, 0.717) is 19.1 Å². The van der Waals surface area contributed by atoms with Crippen molar-refractivity contribution in [1.29, 1.82) is 0 Å². The number of hydrogen-bond donors (Lipinski definition) is 2. The molecule has 112 valence electrons. The molecule has 4 nitrogen and oxygen atoms in total. The molecule has 0 amide bonds. The molecule has 0 aromatic rings. The summed E-state index contributed by atoms with van der Waals surface area (Å²) >= 11 is 0. The predicted octanol–water partition coefficient (Wildman–Crippen LogP) is 2.81. The van der Waals surface area contributed by atoms with Crippen LogP contribution < -0.4 is 5.32 Å². The lowest BCUT2D eigenvalue weighted by Gasteiger charge is -2.30. The fraction of sp³-hybridized carbons (Fsp3) is 0.933. The summed E-state index contributed by atoms with van der Waals surface area (Å²) in [6, 6.07) is 0.378. The first-order valence-corrected chi connectivity index (χ1v) is 7.25. The van der Waals surface area contributed by atoms with E-state index in [4.69, 9.17) is 4.74 Å². The molecule has 0 heterocycles. The van der Waals surface area contributed by atoms with E-state index in [9.17, 15) is 9.90 Å². The van der Waals surface area contributed by atoms with Gasteiger partial charge in [-0.2, -0.15) is 0 Å². The Morgan fingerprint density at radius 3 is 2.37 bits per heavy atom. The van der Waals surface area contributed by atoms with Crippen molar-refractivity contribution in [2.24, 2.45) is 5.41 Å². The van der Waals surface area contributed by atoms with E-state index in [1.165, 1.54) is 0 Å². The number of rotatable bonds is 8. The molecule has 1 rings (SSSR count). The number of carboxylic acid groups (broad SMARTS) is 1. The van der Waals surface area contributed by atoms with Crippen molar-refractivity contribution in [3.05, 3.63) is 0 Å². The van der Waals surface area contributed by atoms with Crippen LogP contribution in [0.2, 0.25) is 0 Å². The van der Waals surface area contributed by atoms with Crippen molar-refractivity contribution >= 4 is 5.97 Å². The number of carbonyl (C=O) groups is 1. The first kappa shape index (κ1) is 16.4. The summed E-state index contributed by atoms with van der Waals surface area (Å²) in [7, 11) is 0. The normalized spacial score (nSPS) is 20.9. The van der Waals surface area contributed by atoms with Gasteiger partial charge in [0.25, 0.3) is 0 Å². The van der Waals surface area contributed by atoms with E-state index >= 15 is 0 Å². The Kier molecular flexibility index (Phi) is 5.39. The van der Waals surface area contributed by atoms with Crippen LogP contribution in [0.4, 0.5) is 0 Å². The van der Waals surface area contributed by atoms with E-state index < -0.39 is 11.5 Å². The van der Waals surface area contributed by atoms with Gasteiger partial charge < -0.3 is 9.84 Å². The van der Waals surface area contributed by atoms with Crippen LogP contribution >= 0.6 is 0 Å². The average molecular weight is 271 g/mol. The first-order valence-electron chi connectivity index (χ1n) is 7.25. The molecule has 2 atom stereocenters. The quantitative estimate of drug-likeness (QED) is 0.712. The molecule has 0 aromatic carbocycles. The van der Waals surface area contributed by atoms with Gasteiger partial charge in [0, 0.05) is 19.1 Å². The highest BCUT2D eigenvalue weighted by Crippen LogP contribution is 2.26. The lowest BCUT2D eigenvalue weighted by molar-refractivity contribution is -0.146. The molecule has 0 saturated heterocycles. The summed E-state index contributed by atoms with van der Waals surface area (Å²) in [5, 5.41) is 12.6. The predicted molar refractivity (Wildman–Crippen MR) is 76.3 cm³/mol. The van der Waals surface area contributed by atoms with Crippen molar-refractivity contribution in [2.45, 2.75) is 78.0 Å². The minimum Gasteiger partial charge on any atom is -0.480 e. The number of hydrogen-bond acceptors (Lipinski definition) is 3. The summed E-state index contributed by atoms with van der Waals surface area (Å²) in [6.45, 7) is 10.9. The molecule has 1 aliphatic carbocycles. The number of carboxylic acids is 1. The highest BCUT2D eigenvalue weighted by molar-refractivity contribution is 5.78. The smallest absolute Gasteiger partial charge is 0.323 e. The second-order valence-electron chi connectivity index (χ2n) is 7.25. The summed E-state index contributed by atoms with van der Waals surface area (Å²) in [6.07, 6.45) is 3.61. The summed E-state index contributed by atoms with van der Waals surface area (Å²) in [4.78, 5) is 11.4. The topological polar surface area (TPSA) is 58.6 Å². The average Bonchev–Trinajstić information content (AvgIpc) is 2.98. The van der Waals surface area contributed by atoms with Crippen molar-refractivity contribution < 1.29 is 14.6 Å². The van der Waals surface area contributed by atoms with Crippen LogP contribution in [0.25, 0.3) is 0 Å². The third-order valence-corrected chi connectivity index (χ3v) is 3.52. The maximum absolute atomic E-state index is 11.4.